The van der Waals surface area contributed by atoms with E-state index in [1.807, 2.05) is 6.07 Å². The summed E-state index contributed by atoms with van der Waals surface area (Å²) < 4.78 is 0. The molecular weight excluding hydrogens is 210 g/mol. The molecule has 0 aliphatic rings. The fraction of sp³-hybridized carbons (Fsp3) is 0.286. The van der Waals surface area contributed by atoms with Crippen molar-refractivity contribution in [1.29, 1.82) is 0 Å². The van der Waals surface area contributed by atoms with E-state index in [9.17, 15) is 0 Å². The third kappa shape index (κ3) is 2.81. The normalized spacial score (nSPS) is 10.3. The Kier molecular flexibility index (Phi) is 3.38. The van der Waals surface area contributed by atoms with Gasteiger partial charge in [-0.25, -0.2) is 9.97 Å². The SMILES string of the molecule is CCNc1cc(-c2cc(C)cc(C)c2)ncn1. The molecule has 0 saturated carbocycles. The third-order valence-corrected chi connectivity index (χ3v) is 2.54. The van der Waals surface area contributed by atoms with Gasteiger partial charge in [-0.1, -0.05) is 17.2 Å². The molecule has 0 aliphatic carbocycles. The molecule has 0 unspecified atom stereocenters. The lowest BCUT2D eigenvalue weighted by molar-refractivity contribution is 1.11. The molecule has 88 valence electrons. The Morgan fingerprint density at radius 3 is 2.35 bits per heavy atom. The number of nitrogens with zero attached hydrogens (tertiary/aromatic N) is 2. The second kappa shape index (κ2) is 4.95. The van der Waals surface area contributed by atoms with E-state index >= 15 is 0 Å². The Bertz CT molecular complexity index is 500. The zero-order valence-electron chi connectivity index (χ0n) is 10.5. The molecule has 1 heterocycles. The van der Waals surface area contributed by atoms with E-state index in [-0.39, 0.29) is 0 Å². The molecule has 1 N–H and O–H groups in total. The lowest BCUT2D eigenvalue weighted by Crippen LogP contribution is -2.00. The number of aryl methyl sites for hydroxylation is 2. The van der Waals surface area contributed by atoms with Gasteiger partial charge in [0.2, 0.25) is 0 Å². The minimum absolute atomic E-state index is 0.864. The summed E-state index contributed by atoms with van der Waals surface area (Å²) in [5.74, 6) is 0.872. The van der Waals surface area contributed by atoms with E-state index in [4.69, 9.17) is 0 Å². The summed E-state index contributed by atoms with van der Waals surface area (Å²) in [5.41, 5.74) is 4.61. The average Bonchev–Trinajstić information content (AvgIpc) is 2.28. The fourth-order valence-electron chi connectivity index (χ4n) is 1.92. The first-order valence-electron chi connectivity index (χ1n) is 5.83. The first-order valence-corrected chi connectivity index (χ1v) is 5.83. The van der Waals surface area contributed by atoms with Crippen molar-refractivity contribution >= 4 is 5.82 Å². The first kappa shape index (κ1) is 11.6. The number of benzene rings is 1. The quantitative estimate of drug-likeness (QED) is 0.875. The highest BCUT2D eigenvalue weighted by atomic mass is 15.0. The molecule has 0 radical (unpaired) electrons. The molecule has 0 amide bonds. The van der Waals surface area contributed by atoms with Gasteiger partial charge in [-0.05, 0) is 32.9 Å². The second-order valence-corrected chi connectivity index (χ2v) is 4.20. The molecule has 17 heavy (non-hydrogen) atoms. The summed E-state index contributed by atoms with van der Waals surface area (Å²) in [4.78, 5) is 8.50. The van der Waals surface area contributed by atoms with Crippen molar-refractivity contribution in [1.82, 2.24) is 9.97 Å². The predicted molar refractivity (Wildman–Crippen MR) is 71.1 cm³/mol. The molecule has 2 aromatic rings. The van der Waals surface area contributed by atoms with Crippen LogP contribution >= 0.6 is 0 Å². The van der Waals surface area contributed by atoms with Gasteiger partial charge in [0.25, 0.3) is 0 Å². The van der Waals surface area contributed by atoms with Gasteiger partial charge in [0.15, 0.2) is 0 Å². The Morgan fingerprint density at radius 2 is 1.71 bits per heavy atom. The molecule has 0 bridgehead atoms. The Balaban J connectivity index is 2.41. The van der Waals surface area contributed by atoms with Crippen molar-refractivity contribution in [2.24, 2.45) is 0 Å². The molecule has 3 heteroatoms. The van der Waals surface area contributed by atoms with Crippen LogP contribution in [-0.4, -0.2) is 16.5 Å². The number of aromatic nitrogens is 2. The summed E-state index contributed by atoms with van der Waals surface area (Å²) >= 11 is 0. The van der Waals surface area contributed by atoms with Gasteiger partial charge in [-0.15, -0.1) is 0 Å². The predicted octanol–water partition coefficient (Wildman–Crippen LogP) is 3.19. The van der Waals surface area contributed by atoms with Crippen LogP contribution < -0.4 is 5.32 Å². The monoisotopic (exact) mass is 227 g/mol. The Labute approximate surface area is 102 Å². The van der Waals surface area contributed by atoms with Crippen molar-refractivity contribution in [3.8, 4) is 11.3 Å². The summed E-state index contributed by atoms with van der Waals surface area (Å²) in [6, 6.07) is 8.43. The van der Waals surface area contributed by atoms with E-state index < -0.39 is 0 Å². The molecule has 1 aromatic carbocycles. The summed E-state index contributed by atoms with van der Waals surface area (Å²) in [6.45, 7) is 7.12. The van der Waals surface area contributed by atoms with Crippen LogP contribution in [-0.2, 0) is 0 Å². The van der Waals surface area contributed by atoms with Crippen molar-refractivity contribution in [2.75, 3.05) is 11.9 Å². The average molecular weight is 227 g/mol. The van der Waals surface area contributed by atoms with Gasteiger partial charge < -0.3 is 5.32 Å². The van der Waals surface area contributed by atoms with Gasteiger partial charge in [0, 0.05) is 18.2 Å². The van der Waals surface area contributed by atoms with Crippen molar-refractivity contribution < 1.29 is 0 Å². The van der Waals surface area contributed by atoms with E-state index in [0.29, 0.717) is 0 Å². The molecule has 0 atom stereocenters. The highest BCUT2D eigenvalue weighted by Crippen LogP contribution is 2.21. The van der Waals surface area contributed by atoms with Crippen LogP contribution in [0.2, 0.25) is 0 Å². The molecular formula is C14H17N3. The standard InChI is InChI=1S/C14H17N3/c1-4-15-14-8-13(16-9-17-14)12-6-10(2)5-11(3)7-12/h5-9H,4H2,1-3H3,(H,15,16,17). The molecule has 0 fully saturated rings. The van der Waals surface area contributed by atoms with Gasteiger partial charge in [0.1, 0.15) is 12.1 Å². The Morgan fingerprint density at radius 1 is 1.00 bits per heavy atom. The van der Waals surface area contributed by atoms with Crippen LogP contribution in [0.15, 0.2) is 30.6 Å². The number of hydrogen-bond acceptors (Lipinski definition) is 3. The van der Waals surface area contributed by atoms with E-state index in [0.717, 1.165) is 23.6 Å². The summed E-state index contributed by atoms with van der Waals surface area (Å²) in [6.07, 6.45) is 1.60. The number of nitrogens with one attached hydrogen (secondary N) is 1. The van der Waals surface area contributed by atoms with Crippen LogP contribution in [0, 0.1) is 13.8 Å². The number of anilines is 1. The maximum absolute atomic E-state index is 4.32. The minimum atomic E-state index is 0.864. The van der Waals surface area contributed by atoms with Crippen molar-refractivity contribution in [3.63, 3.8) is 0 Å². The fourth-order valence-corrected chi connectivity index (χ4v) is 1.92. The summed E-state index contributed by atoms with van der Waals surface area (Å²) in [5, 5.41) is 3.20. The zero-order chi connectivity index (χ0) is 12.3. The van der Waals surface area contributed by atoms with Gasteiger partial charge in [-0.2, -0.15) is 0 Å². The molecule has 0 aliphatic heterocycles. The largest absolute Gasteiger partial charge is 0.370 e. The third-order valence-electron chi connectivity index (χ3n) is 2.54. The minimum Gasteiger partial charge on any atom is -0.370 e. The van der Waals surface area contributed by atoms with Gasteiger partial charge in [-0.3, -0.25) is 0 Å². The molecule has 1 aromatic heterocycles. The smallest absolute Gasteiger partial charge is 0.129 e. The highest BCUT2D eigenvalue weighted by molar-refractivity contribution is 5.63. The number of rotatable bonds is 3. The molecule has 2 rings (SSSR count). The number of hydrogen-bond donors (Lipinski definition) is 1. The topological polar surface area (TPSA) is 37.8 Å². The molecule has 0 spiro atoms. The maximum atomic E-state index is 4.32. The van der Waals surface area contributed by atoms with Crippen molar-refractivity contribution in [2.45, 2.75) is 20.8 Å². The lowest BCUT2D eigenvalue weighted by Gasteiger charge is -2.06. The van der Waals surface area contributed by atoms with E-state index in [1.165, 1.54) is 11.1 Å². The van der Waals surface area contributed by atoms with Gasteiger partial charge in [0.05, 0.1) is 5.69 Å². The molecule has 0 saturated heterocycles. The van der Waals surface area contributed by atoms with Crippen LogP contribution in [0.5, 0.6) is 0 Å². The lowest BCUT2D eigenvalue weighted by atomic mass is 10.0. The first-order chi connectivity index (χ1) is 8.19. The van der Waals surface area contributed by atoms with E-state index in [1.54, 1.807) is 6.33 Å². The van der Waals surface area contributed by atoms with Crippen LogP contribution in [0.1, 0.15) is 18.1 Å². The maximum Gasteiger partial charge on any atom is 0.129 e. The van der Waals surface area contributed by atoms with Crippen molar-refractivity contribution in [3.05, 3.63) is 41.7 Å². The van der Waals surface area contributed by atoms with Crippen LogP contribution in [0.4, 0.5) is 5.82 Å². The highest BCUT2D eigenvalue weighted by Gasteiger charge is 2.02. The van der Waals surface area contributed by atoms with Gasteiger partial charge >= 0.3 is 0 Å². The second-order valence-electron chi connectivity index (χ2n) is 4.20. The summed E-state index contributed by atoms with van der Waals surface area (Å²) in [7, 11) is 0. The van der Waals surface area contributed by atoms with Crippen LogP contribution in [0.3, 0.4) is 0 Å². The molecule has 3 nitrogen and oxygen atoms in total. The zero-order valence-corrected chi connectivity index (χ0v) is 10.5. The van der Waals surface area contributed by atoms with Crippen LogP contribution in [0.25, 0.3) is 11.3 Å². The Hall–Kier alpha value is -1.90. The van der Waals surface area contributed by atoms with E-state index in [2.05, 4.69) is 54.3 Å².